The third-order valence-corrected chi connectivity index (χ3v) is 1.34. The van der Waals surface area contributed by atoms with E-state index in [-0.39, 0.29) is 10.9 Å². The van der Waals surface area contributed by atoms with E-state index in [9.17, 15) is 9.59 Å². The van der Waals surface area contributed by atoms with Gasteiger partial charge in [0.15, 0.2) is 0 Å². The zero-order valence-electron chi connectivity index (χ0n) is 5.31. The molecule has 0 saturated carbocycles. The van der Waals surface area contributed by atoms with Crippen molar-refractivity contribution in [3.8, 4) is 0 Å². The van der Waals surface area contributed by atoms with Gasteiger partial charge in [-0.05, 0) is 12.5 Å². The Morgan fingerprint density at radius 2 is 2.11 bits per heavy atom. The minimum absolute atomic E-state index is 0.281. The molecule has 2 heteroatoms. The Bertz CT molecular complexity index is 266. The third kappa shape index (κ3) is 0.922. The zero-order valence-corrected chi connectivity index (χ0v) is 5.31. The van der Waals surface area contributed by atoms with Crippen molar-refractivity contribution < 1.29 is 0 Å². The van der Waals surface area contributed by atoms with E-state index in [0.29, 0.717) is 5.56 Å². The Hall–Kier alpha value is -0.920. The summed E-state index contributed by atoms with van der Waals surface area (Å²) in [5.74, 6) is 0. The maximum atomic E-state index is 10.5. The number of hydrogen-bond donors (Lipinski definition) is 0. The molecule has 0 heterocycles. The molecule has 0 spiro atoms. The molecule has 0 aliphatic heterocycles. The lowest BCUT2D eigenvalue weighted by atomic mass is 10.1. The van der Waals surface area contributed by atoms with Crippen molar-refractivity contribution in [3.05, 3.63) is 32.1 Å². The largest absolute Gasteiger partial charge is 0.286 e. The maximum Gasteiger partial charge on any atom is 0.229 e. The van der Waals surface area contributed by atoms with Crippen LogP contribution >= 0.6 is 0 Å². The van der Waals surface area contributed by atoms with E-state index < -0.39 is 0 Å². The predicted octanol–water partition coefficient (Wildman–Crippen LogP) is 0.235. The van der Waals surface area contributed by atoms with Crippen LogP contribution in [0.15, 0.2) is 15.7 Å². The average Bonchev–Trinajstić information content (AvgIpc) is 1.88. The predicted molar refractivity (Wildman–Crippen MR) is 35.3 cm³/mol. The van der Waals surface area contributed by atoms with Crippen LogP contribution in [0, 0.1) is 0 Å². The Balaban J connectivity index is 2.80. The molecule has 0 unspecified atom stereocenters. The SMILES string of the molecule is CCCc1cc(=O)c1=O. The second-order valence-electron chi connectivity index (χ2n) is 2.11. The first-order valence-electron chi connectivity index (χ1n) is 3.05. The third-order valence-electron chi connectivity index (χ3n) is 1.34. The molecular weight excluding hydrogens is 116 g/mol. The summed E-state index contributed by atoms with van der Waals surface area (Å²) in [6, 6.07) is 1.42. The van der Waals surface area contributed by atoms with Crippen LogP contribution in [0.1, 0.15) is 18.9 Å². The lowest BCUT2D eigenvalue weighted by Gasteiger charge is -1.95. The highest BCUT2D eigenvalue weighted by Crippen LogP contribution is 1.92. The number of rotatable bonds is 2. The molecule has 0 fully saturated rings. The highest BCUT2D eigenvalue weighted by molar-refractivity contribution is 5.19. The van der Waals surface area contributed by atoms with E-state index in [4.69, 9.17) is 0 Å². The van der Waals surface area contributed by atoms with Gasteiger partial charge in [-0.1, -0.05) is 13.3 Å². The molecule has 2 nitrogen and oxygen atoms in total. The molecule has 0 saturated heterocycles. The second-order valence-corrected chi connectivity index (χ2v) is 2.11. The smallest absolute Gasteiger partial charge is 0.229 e. The average molecular weight is 124 g/mol. The molecule has 0 amide bonds. The lowest BCUT2D eigenvalue weighted by molar-refractivity contribution is 0.899. The summed E-state index contributed by atoms with van der Waals surface area (Å²) < 4.78 is 0. The molecular formula is C7H8O2. The van der Waals surface area contributed by atoms with E-state index in [1.165, 1.54) is 6.07 Å². The van der Waals surface area contributed by atoms with Crippen molar-refractivity contribution in [3.63, 3.8) is 0 Å². The van der Waals surface area contributed by atoms with Gasteiger partial charge in [0.05, 0.1) is 0 Å². The first kappa shape index (κ1) is 6.20. The molecule has 0 N–H and O–H groups in total. The highest BCUT2D eigenvalue weighted by atomic mass is 16.2. The van der Waals surface area contributed by atoms with Gasteiger partial charge in [0.2, 0.25) is 10.9 Å². The van der Waals surface area contributed by atoms with Crippen LogP contribution in [0.3, 0.4) is 0 Å². The molecule has 1 rings (SSSR count). The Labute approximate surface area is 52.8 Å². The summed E-state index contributed by atoms with van der Waals surface area (Å²) in [7, 11) is 0. The van der Waals surface area contributed by atoms with Crippen molar-refractivity contribution in [2.75, 3.05) is 0 Å². The van der Waals surface area contributed by atoms with E-state index in [1.807, 2.05) is 6.92 Å². The molecule has 48 valence electrons. The minimum Gasteiger partial charge on any atom is -0.286 e. The molecule has 0 bridgehead atoms. The van der Waals surface area contributed by atoms with Crippen LogP contribution in [-0.4, -0.2) is 0 Å². The van der Waals surface area contributed by atoms with Crippen LogP contribution in [-0.2, 0) is 6.42 Å². The summed E-state index contributed by atoms with van der Waals surface area (Å²) >= 11 is 0. The fourth-order valence-corrected chi connectivity index (χ4v) is 0.825. The van der Waals surface area contributed by atoms with Crippen LogP contribution in [0.4, 0.5) is 0 Å². The first-order valence-corrected chi connectivity index (χ1v) is 3.05. The van der Waals surface area contributed by atoms with E-state index >= 15 is 0 Å². The highest BCUT2D eigenvalue weighted by Gasteiger charge is 2.06. The number of hydrogen-bond acceptors (Lipinski definition) is 2. The van der Waals surface area contributed by atoms with Crippen molar-refractivity contribution in [2.45, 2.75) is 19.8 Å². The van der Waals surface area contributed by atoms with Crippen LogP contribution in [0.5, 0.6) is 0 Å². The summed E-state index contributed by atoms with van der Waals surface area (Å²) in [5.41, 5.74) is 0.0813. The van der Waals surface area contributed by atoms with Crippen LogP contribution in [0.2, 0.25) is 0 Å². The first-order chi connectivity index (χ1) is 4.25. The fraction of sp³-hybridized carbons (Fsp3) is 0.429. The Kier molecular flexibility index (Phi) is 1.47. The molecule has 0 radical (unpaired) electrons. The van der Waals surface area contributed by atoms with Crippen LogP contribution < -0.4 is 10.9 Å². The van der Waals surface area contributed by atoms with E-state index in [0.717, 1.165) is 12.8 Å². The molecule has 0 aliphatic rings. The van der Waals surface area contributed by atoms with Gasteiger partial charge in [0.1, 0.15) is 0 Å². The standard InChI is InChI=1S/C7H8O2/c1-2-3-5-4-6(8)7(5)9/h4H,2-3H2,1H3. The molecule has 0 aliphatic carbocycles. The normalized spacial score (nSPS) is 10.3. The minimum atomic E-state index is -0.335. The molecule has 1 aromatic carbocycles. The van der Waals surface area contributed by atoms with Gasteiger partial charge in [0.25, 0.3) is 0 Å². The van der Waals surface area contributed by atoms with Crippen molar-refractivity contribution in [1.29, 1.82) is 0 Å². The molecule has 0 aromatic heterocycles. The Morgan fingerprint density at radius 3 is 2.44 bits per heavy atom. The summed E-state index contributed by atoms with van der Waals surface area (Å²) in [5, 5.41) is 0. The molecule has 9 heavy (non-hydrogen) atoms. The van der Waals surface area contributed by atoms with Gasteiger partial charge in [-0.15, -0.1) is 0 Å². The topological polar surface area (TPSA) is 34.1 Å². The second kappa shape index (κ2) is 2.13. The molecule has 0 atom stereocenters. The monoisotopic (exact) mass is 124 g/mol. The van der Waals surface area contributed by atoms with Crippen molar-refractivity contribution >= 4 is 0 Å². The van der Waals surface area contributed by atoms with Gasteiger partial charge in [-0.25, -0.2) is 0 Å². The summed E-state index contributed by atoms with van der Waals surface area (Å²) in [6.07, 6.45) is 1.69. The summed E-state index contributed by atoms with van der Waals surface area (Å²) in [4.78, 5) is 20.8. The van der Waals surface area contributed by atoms with Gasteiger partial charge in [-0.2, -0.15) is 0 Å². The van der Waals surface area contributed by atoms with Gasteiger partial charge in [-0.3, -0.25) is 9.59 Å². The maximum absolute atomic E-state index is 10.5. The summed E-state index contributed by atoms with van der Waals surface area (Å²) in [6.45, 7) is 1.98. The fourth-order valence-electron chi connectivity index (χ4n) is 0.825. The number of aryl methyl sites for hydroxylation is 1. The van der Waals surface area contributed by atoms with E-state index in [1.54, 1.807) is 0 Å². The quantitative estimate of drug-likeness (QED) is 0.529. The molecule has 1 aromatic rings. The van der Waals surface area contributed by atoms with Gasteiger partial charge in [0, 0.05) is 5.56 Å². The zero-order chi connectivity index (χ0) is 6.85. The van der Waals surface area contributed by atoms with Gasteiger partial charge >= 0.3 is 0 Å². The lowest BCUT2D eigenvalue weighted by Crippen LogP contribution is -2.33. The van der Waals surface area contributed by atoms with Crippen molar-refractivity contribution in [1.82, 2.24) is 0 Å². The van der Waals surface area contributed by atoms with Crippen molar-refractivity contribution in [2.24, 2.45) is 0 Å². The van der Waals surface area contributed by atoms with Crippen LogP contribution in [0.25, 0.3) is 0 Å². The van der Waals surface area contributed by atoms with Gasteiger partial charge < -0.3 is 0 Å². The Morgan fingerprint density at radius 1 is 1.44 bits per heavy atom. The van der Waals surface area contributed by atoms with E-state index in [2.05, 4.69) is 0 Å².